The summed E-state index contributed by atoms with van der Waals surface area (Å²) in [6.45, 7) is 4.85. The van der Waals surface area contributed by atoms with E-state index in [2.05, 4.69) is 11.8 Å². The second-order valence-corrected chi connectivity index (χ2v) is 7.00. The van der Waals surface area contributed by atoms with E-state index >= 15 is 0 Å². The Labute approximate surface area is 131 Å². The number of carboxylic acid groups (broad SMARTS) is 1. The largest absolute Gasteiger partial charge is 0.507 e. The molecule has 2 aliphatic rings. The van der Waals surface area contributed by atoms with Gasteiger partial charge in [0.1, 0.15) is 5.75 Å². The molecular formula is C18H25NO3. The van der Waals surface area contributed by atoms with Crippen molar-refractivity contribution in [2.24, 2.45) is 11.3 Å². The second-order valence-electron chi connectivity index (χ2n) is 7.00. The minimum absolute atomic E-state index is 0.114. The molecule has 1 aromatic rings. The Bertz CT molecular complexity index is 553. The fourth-order valence-corrected chi connectivity index (χ4v) is 4.05. The molecule has 3 rings (SSSR count). The van der Waals surface area contributed by atoms with Crippen molar-refractivity contribution < 1.29 is 15.0 Å². The molecular weight excluding hydrogens is 278 g/mol. The van der Waals surface area contributed by atoms with Gasteiger partial charge in [-0.05, 0) is 56.2 Å². The lowest BCUT2D eigenvalue weighted by Crippen LogP contribution is -2.48. The van der Waals surface area contributed by atoms with Gasteiger partial charge in [0.25, 0.3) is 0 Å². The molecule has 1 aliphatic carbocycles. The Morgan fingerprint density at radius 3 is 2.50 bits per heavy atom. The SMILES string of the molecule is CCc1cccc(CN2CCC3(CC2)CC(C(=O)O)C3)c1O. The highest BCUT2D eigenvalue weighted by Gasteiger charge is 2.48. The van der Waals surface area contributed by atoms with E-state index in [1.54, 1.807) is 0 Å². The molecule has 4 heteroatoms. The Kier molecular flexibility index (Phi) is 4.13. The number of aliphatic carboxylic acids is 1. The van der Waals surface area contributed by atoms with Gasteiger partial charge in [0, 0.05) is 12.1 Å². The van der Waals surface area contributed by atoms with Crippen molar-refractivity contribution in [2.45, 2.75) is 45.6 Å². The van der Waals surface area contributed by atoms with Gasteiger partial charge in [0.15, 0.2) is 0 Å². The van der Waals surface area contributed by atoms with Gasteiger partial charge in [0.2, 0.25) is 0 Å². The molecule has 1 heterocycles. The maximum atomic E-state index is 11.0. The van der Waals surface area contributed by atoms with E-state index in [0.29, 0.717) is 5.75 Å². The van der Waals surface area contributed by atoms with Gasteiger partial charge >= 0.3 is 5.97 Å². The number of nitrogens with zero attached hydrogens (tertiary/aromatic N) is 1. The zero-order chi connectivity index (χ0) is 15.7. The van der Waals surface area contributed by atoms with Crippen LogP contribution >= 0.6 is 0 Å². The number of para-hydroxylation sites is 1. The highest BCUT2D eigenvalue weighted by molar-refractivity contribution is 5.71. The van der Waals surface area contributed by atoms with Crippen molar-refractivity contribution in [1.29, 1.82) is 0 Å². The van der Waals surface area contributed by atoms with Gasteiger partial charge in [-0.1, -0.05) is 25.1 Å². The van der Waals surface area contributed by atoms with E-state index in [1.165, 1.54) is 0 Å². The van der Waals surface area contributed by atoms with Gasteiger partial charge in [-0.15, -0.1) is 0 Å². The predicted molar refractivity (Wildman–Crippen MR) is 84.8 cm³/mol. The molecule has 4 nitrogen and oxygen atoms in total. The average molecular weight is 303 g/mol. The molecule has 0 amide bonds. The Balaban J connectivity index is 1.56. The van der Waals surface area contributed by atoms with Crippen molar-refractivity contribution in [3.05, 3.63) is 29.3 Å². The van der Waals surface area contributed by atoms with Crippen LogP contribution in [0.2, 0.25) is 0 Å². The molecule has 0 unspecified atom stereocenters. The predicted octanol–water partition coefficient (Wildman–Crippen LogP) is 3.03. The first kappa shape index (κ1) is 15.3. The van der Waals surface area contributed by atoms with Crippen LogP contribution in [0.15, 0.2) is 18.2 Å². The molecule has 2 N–H and O–H groups in total. The van der Waals surface area contributed by atoms with E-state index in [1.807, 2.05) is 18.2 Å². The first-order chi connectivity index (χ1) is 10.5. The van der Waals surface area contributed by atoms with Crippen LogP contribution in [0.4, 0.5) is 0 Å². The summed E-state index contributed by atoms with van der Waals surface area (Å²) in [6, 6.07) is 6.00. The number of benzene rings is 1. The normalized spacial score (nSPS) is 21.7. The summed E-state index contributed by atoms with van der Waals surface area (Å²) in [5.41, 5.74) is 2.30. The molecule has 0 atom stereocenters. The van der Waals surface area contributed by atoms with E-state index in [-0.39, 0.29) is 11.3 Å². The van der Waals surface area contributed by atoms with E-state index in [0.717, 1.165) is 62.9 Å². The number of rotatable bonds is 4. The topological polar surface area (TPSA) is 60.8 Å². The fourth-order valence-electron chi connectivity index (χ4n) is 4.05. The zero-order valence-corrected chi connectivity index (χ0v) is 13.2. The summed E-state index contributed by atoms with van der Waals surface area (Å²) < 4.78 is 0. The quantitative estimate of drug-likeness (QED) is 0.897. The molecule has 1 saturated heterocycles. The number of carbonyl (C=O) groups is 1. The molecule has 22 heavy (non-hydrogen) atoms. The number of likely N-dealkylation sites (tertiary alicyclic amines) is 1. The van der Waals surface area contributed by atoms with Gasteiger partial charge in [0.05, 0.1) is 5.92 Å². The van der Waals surface area contributed by atoms with Crippen LogP contribution < -0.4 is 0 Å². The lowest BCUT2D eigenvalue weighted by atomic mass is 9.57. The minimum Gasteiger partial charge on any atom is -0.507 e. The molecule has 0 bridgehead atoms. The number of phenols is 1. The minimum atomic E-state index is -0.630. The Morgan fingerprint density at radius 2 is 1.91 bits per heavy atom. The van der Waals surface area contributed by atoms with E-state index in [9.17, 15) is 9.90 Å². The summed E-state index contributed by atoms with van der Waals surface area (Å²) >= 11 is 0. The van der Waals surface area contributed by atoms with Crippen LogP contribution in [0.5, 0.6) is 5.75 Å². The standard InChI is InChI=1S/C18H25NO3/c1-2-13-4-3-5-14(16(13)20)12-19-8-6-18(7-9-19)10-15(11-18)17(21)22/h3-5,15,20H,2,6-12H2,1H3,(H,21,22). The van der Waals surface area contributed by atoms with Crippen molar-refractivity contribution in [3.63, 3.8) is 0 Å². The van der Waals surface area contributed by atoms with Crippen LogP contribution in [-0.4, -0.2) is 34.2 Å². The van der Waals surface area contributed by atoms with Crippen LogP contribution in [0.25, 0.3) is 0 Å². The Hall–Kier alpha value is -1.55. The zero-order valence-electron chi connectivity index (χ0n) is 13.2. The lowest BCUT2D eigenvalue weighted by Gasteiger charge is -2.51. The number of aryl methyl sites for hydroxylation is 1. The molecule has 1 aliphatic heterocycles. The van der Waals surface area contributed by atoms with Crippen molar-refractivity contribution >= 4 is 5.97 Å². The number of piperidine rings is 1. The molecule has 0 aromatic heterocycles. The van der Waals surface area contributed by atoms with Crippen LogP contribution in [0.1, 0.15) is 43.7 Å². The number of aromatic hydroxyl groups is 1. The smallest absolute Gasteiger partial charge is 0.306 e. The number of carboxylic acids is 1. The third kappa shape index (κ3) is 2.84. The highest BCUT2D eigenvalue weighted by atomic mass is 16.4. The van der Waals surface area contributed by atoms with E-state index < -0.39 is 5.97 Å². The van der Waals surface area contributed by atoms with E-state index in [4.69, 9.17) is 5.11 Å². The molecule has 2 fully saturated rings. The number of hydrogen-bond acceptors (Lipinski definition) is 3. The second kappa shape index (κ2) is 5.92. The van der Waals surface area contributed by atoms with Crippen molar-refractivity contribution in [2.75, 3.05) is 13.1 Å². The van der Waals surface area contributed by atoms with Crippen LogP contribution in [0, 0.1) is 11.3 Å². The fraction of sp³-hybridized carbons (Fsp3) is 0.611. The third-order valence-electron chi connectivity index (χ3n) is 5.60. The van der Waals surface area contributed by atoms with Gasteiger partial charge < -0.3 is 10.2 Å². The first-order valence-electron chi connectivity index (χ1n) is 8.28. The van der Waals surface area contributed by atoms with Crippen LogP contribution in [-0.2, 0) is 17.8 Å². The monoisotopic (exact) mass is 303 g/mol. The van der Waals surface area contributed by atoms with Gasteiger partial charge in [-0.2, -0.15) is 0 Å². The van der Waals surface area contributed by atoms with Gasteiger partial charge in [-0.25, -0.2) is 0 Å². The maximum absolute atomic E-state index is 11.0. The summed E-state index contributed by atoms with van der Waals surface area (Å²) in [5, 5.41) is 19.3. The van der Waals surface area contributed by atoms with Gasteiger partial charge in [-0.3, -0.25) is 9.69 Å². The summed E-state index contributed by atoms with van der Waals surface area (Å²) in [7, 11) is 0. The number of phenolic OH excluding ortho intramolecular Hbond substituents is 1. The number of hydrogen-bond donors (Lipinski definition) is 2. The summed E-state index contributed by atoms with van der Waals surface area (Å²) in [5.74, 6) is -0.300. The van der Waals surface area contributed by atoms with Crippen molar-refractivity contribution in [1.82, 2.24) is 4.90 Å². The van der Waals surface area contributed by atoms with Crippen molar-refractivity contribution in [3.8, 4) is 5.75 Å². The Morgan fingerprint density at radius 1 is 1.27 bits per heavy atom. The average Bonchev–Trinajstić information content (AvgIpc) is 2.48. The first-order valence-corrected chi connectivity index (χ1v) is 8.28. The molecule has 1 aromatic carbocycles. The third-order valence-corrected chi connectivity index (χ3v) is 5.60. The summed E-state index contributed by atoms with van der Waals surface area (Å²) in [4.78, 5) is 13.4. The molecule has 1 spiro atoms. The van der Waals surface area contributed by atoms with Crippen LogP contribution in [0.3, 0.4) is 0 Å². The molecule has 1 saturated carbocycles. The molecule has 120 valence electrons. The highest BCUT2D eigenvalue weighted by Crippen LogP contribution is 2.52. The molecule has 0 radical (unpaired) electrons. The summed E-state index contributed by atoms with van der Waals surface area (Å²) in [6.07, 6.45) is 4.73. The maximum Gasteiger partial charge on any atom is 0.306 e. The lowest BCUT2D eigenvalue weighted by molar-refractivity contribution is -0.152.